The van der Waals surface area contributed by atoms with Crippen molar-refractivity contribution in [1.82, 2.24) is 4.98 Å². The Morgan fingerprint density at radius 2 is 2.21 bits per heavy atom. The molecule has 14 heavy (non-hydrogen) atoms. The number of carbonyl (C=O) groups is 1. The minimum atomic E-state index is -0.0703. The van der Waals surface area contributed by atoms with E-state index in [0.717, 1.165) is 5.56 Å². The Morgan fingerprint density at radius 1 is 1.43 bits per heavy atom. The summed E-state index contributed by atoms with van der Waals surface area (Å²) in [5, 5.41) is 2.64. The van der Waals surface area contributed by atoms with Crippen molar-refractivity contribution >= 4 is 11.7 Å². The molecule has 1 aromatic heterocycles. The average molecular weight is 194 g/mol. The molecule has 1 N–H and O–H groups in total. The van der Waals surface area contributed by atoms with Crippen molar-refractivity contribution in [2.24, 2.45) is 0 Å². The van der Waals surface area contributed by atoms with Gasteiger partial charge in [0.1, 0.15) is 11.6 Å². The van der Waals surface area contributed by atoms with Crippen molar-refractivity contribution in [3.05, 3.63) is 11.6 Å². The first-order chi connectivity index (χ1) is 6.74. The lowest BCUT2D eigenvalue weighted by Crippen LogP contribution is -2.04. The van der Waals surface area contributed by atoms with E-state index < -0.39 is 0 Å². The first-order valence-electron chi connectivity index (χ1n) is 4.16. The Bertz CT molecular complexity index is 390. The van der Waals surface area contributed by atoms with E-state index in [1.54, 1.807) is 13.2 Å². The van der Waals surface area contributed by atoms with E-state index in [1.807, 2.05) is 0 Å². The number of hydrogen-bond acceptors (Lipinski definition) is 4. The maximum absolute atomic E-state index is 11.1. The van der Waals surface area contributed by atoms with Crippen molar-refractivity contribution in [3.63, 3.8) is 0 Å². The number of ether oxygens (including phenoxy) is 2. The predicted octanol–water partition coefficient (Wildman–Crippen LogP) is 0.593. The summed E-state index contributed by atoms with van der Waals surface area (Å²) in [4.78, 5) is 15.2. The minimum absolute atomic E-state index is 0.0703. The molecule has 74 valence electrons. The van der Waals surface area contributed by atoms with Gasteiger partial charge in [-0.15, -0.1) is 0 Å². The maximum Gasteiger partial charge on any atom is 0.230 e. The van der Waals surface area contributed by atoms with Gasteiger partial charge in [-0.3, -0.25) is 4.79 Å². The fourth-order valence-corrected chi connectivity index (χ4v) is 1.42. The lowest BCUT2D eigenvalue weighted by atomic mass is 10.2. The summed E-state index contributed by atoms with van der Waals surface area (Å²) in [5.74, 6) is 1.53. The summed E-state index contributed by atoms with van der Waals surface area (Å²) in [6.45, 7) is 0. The Kier molecular flexibility index (Phi) is 1.99. The molecule has 0 unspecified atom stereocenters. The van der Waals surface area contributed by atoms with Gasteiger partial charge in [0.05, 0.1) is 20.6 Å². The first kappa shape index (κ1) is 8.80. The Morgan fingerprint density at radius 3 is 2.86 bits per heavy atom. The molecule has 1 aliphatic heterocycles. The lowest BCUT2D eigenvalue weighted by molar-refractivity contribution is -0.115. The number of fused-ring (bicyclic) bond motifs is 1. The van der Waals surface area contributed by atoms with Gasteiger partial charge < -0.3 is 14.8 Å². The first-order valence-corrected chi connectivity index (χ1v) is 4.16. The summed E-state index contributed by atoms with van der Waals surface area (Å²) >= 11 is 0. The number of methoxy groups -OCH3 is 2. The highest BCUT2D eigenvalue weighted by atomic mass is 16.5. The van der Waals surface area contributed by atoms with Gasteiger partial charge >= 0.3 is 0 Å². The normalized spacial score (nSPS) is 13.4. The number of hydrogen-bond donors (Lipinski definition) is 1. The number of aromatic nitrogens is 1. The van der Waals surface area contributed by atoms with Crippen LogP contribution >= 0.6 is 0 Å². The van der Waals surface area contributed by atoms with Crippen LogP contribution in [0.1, 0.15) is 5.56 Å². The van der Waals surface area contributed by atoms with Crippen LogP contribution < -0.4 is 14.8 Å². The number of carbonyl (C=O) groups excluding carboxylic acids is 1. The standard InChI is InChI=1S/C9H10N2O3/c1-13-6-4-8(14-2)11-9-5(6)3-7(12)10-9/h4H,3H2,1-2H3,(H,10,11,12). The van der Waals surface area contributed by atoms with Gasteiger partial charge in [0.2, 0.25) is 11.8 Å². The smallest absolute Gasteiger partial charge is 0.230 e. The molecule has 5 heteroatoms. The van der Waals surface area contributed by atoms with E-state index in [-0.39, 0.29) is 5.91 Å². The fourth-order valence-electron chi connectivity index (χ4n) is 1.42. The van der Waals surface area contributed by atoms with E-state index in [0.29, 0.717) is 23.9 Å². The second kappa shape index (κ2) is 3.17. The van der Waals surface area contributed by atoms with Crippen molar-refractivity contribution in [2.45, 2.75) is 6.42 Å². The van der Waals surface area contributed by atoms with Crippen LogP contribution in [0.3, 0.4) is 0 Å². The summed E-state index contributed by atoms with van der Waals surface area (Å²) in [5.41, 5.74) is 0.790. The van der Waals surface area contributed by atoms with Crippen molar-refractivity contribution in [3.8, 4) is 11.6 Å². The monoisotopic (exact) mass is 194 g/mol. The van der Waals surface area contributed by atoms with Crippen LogP contribution in [0.5, 0.6) is 11.6 Å². The maximum atomic E-state index is 11.1. The summed E-state index contributed by atoms with van der Waals surface area (Å²) in [6, 6.07) is 1.67. The molecule has 0 aliphatic carbocycles. The number of rotatable bonds is 2. The van der Waals surface area contributed by atoms with Crippen LogP contribution in [-0.2, 0) is 11.2 Å². The molecule has 0 fully saturated rings. The quantitative estimate of drug-likeness (QED) is 0.748. The van der Waals surface area contributed by atoms with Crippen LogP contribution in [0.15, 0.2) is 6.07 Å². The molecule has 1 aliphatic rings. The van der Waals surface area contributed by atoms with E-state index in [1.165, 1.54) is 7.11 Å². The Labute approximate surface area is 81.0 Å². The number of nitrogens with one attached hydrogen (secondary N) is 1. The largest absolute Gasteiger partial charge is 0.496 e. The van der Waals surface area contributed by atoms with Crippen LogP contribution in [0.25, 0.3) is 0 Å². The third kappa shape index (κ3) is 1.26. The van der Waals surface area contributed by atoms with Gasteiger partial charge in [-0.1, -0.05) is 0 Å². The van der Waals surface area contributed by atoms with Crippen LogP contribution in [0.2, 0.25) is 0 Å². The fraction of sp³-hybridized carbons (Fsp3) is 0.333. The molecule has 0 aromatic carbocycles. The average Bonchev–Trinajstić information content (AvgIpc) is 2.56. The zero-order chi connectivity index (χ0) is 10.1. The molecule has 1 aromatic rings. The number of pyridine rings is 1. The van der Waals surface area contributed by atoms with Gasteiger partial charge in [0.25, 0.3) is 0 Å². The molecular weight excluding hydrogens is 184 g/mol. The highest BCUT2D eigenvalue weighted by Crippen LogP contribution is 2.32. The summed E-state index contributed by atoms with van der Waals surface area (Å²) in [7, 11) is 3.07. The minimum Gasteiger partial charge on any atom is -0.496 e. The van der Waals surface area contributed by atoms with Gasteiger partial charge in [0, 0.05) is 11.6 Å². The van der Waals surface area contributed by atoms with Crippen molar-refractivity contribution < 1.29 is 14.3 Å². The van der Waals surface area contributed by atoms with Crippen LogP contribution in [0, 0.1) is 0 Å². The highest BCUT2D eigenvalue weighted by Gasteiger charge is 2.24. The number of amides is 1. The predicted molar refractivity (Wildman–Crippen MR) is 49.7 cm³/mol. The van der Waals surface area contributed by atoms with Gasteiger partial charge in [-0.05, 0) is 0 Å². The lowest BCUT2D eigenvalue weighted by Gasteiger charge is -2.07. The molecule has 0 spiro atoms. The second-order valence-electron chi connectivity index (χ2n) is 2.92. The van der Waals surface area contributed by atoms with E-state index >= 15 is 0 Å². The SMILES string of the molecule is COc1cc(OC)c2c(n1)NC(=O)C2. The van der Waals surface area contributed by atoms with E-state index in [4.69, 9.17) is 9.47 Å². The highest BCUT2D eigenvalue weighted by molar-refractivity contribution is 5.98. The molecule has 0 radical (unpaired) electrons. The third-order valence-electron chi connectivity index (χ3n) is 2.08. The molecule has 0 atom stereocenters. The zero-order valence-electron chi connectivity index (χ0n) is 7.96. The van der Waals surface area contributed by atoms with E-state index in [2.05, 4.69) is 10.3 Å². The van der Waals surface area contributed by atoms with E-state index in [9.17, 15) is 4.79 Å². The van der Waals surface area contributed by atoms with Gasteiger partial charge in [-0.2, -0.15) is 4.98 Å². The summed E-state index contributed by atoms with van der Waals surface area (Å²) < 4.78 is 10.1. The molecular formula is C9H10N2O3. The molecule has 0 bridgehead atoms. The molecule has 2 heterocycles. The topological polar surface area (TPSA) is 60.5 Å². The Balaban J connectivity index is 2.51. The molecule has 0 saturated carbocycles. The van der Waals surface area contributed by atoms with Gasteiger partial charge in [0.15, 0.2) is 0 Å². The number of nitrogens with zero attached hydrogens (tertiary/aromatic N) is 1. The number of anilines is 1. The third-order valence-corrected chi connectivity index (χ3v) is 2.08. The Hall–Kier alpha value is -1.78. The van der Waals surface area contributed by atoms with Crippen molar-refractivity contribution in [2.75, 3.05) is 19.5 Å². The molecule has 0 saturated heterocycles. The molecule has 5 nitrogen and oxygen atoms in total. The second-order valence-corrected chi connectivity index (χ2v) is 2.92. The molecule has 1 amide bonds. The van der Waals surface area contributed by atoms with Crippen LogP contribution in [0.4, 0.5) is 5.82 Å². The van der Waals surface area contributed by atoms with Crippen molar-refractivity contribution in [1.29, 1.82) is 0 Å². The van der Waals surface area contributed by atoms with Gasteiger partial charge in [-0.25, -0.2) is 0 Å². The molecule has 2 rings (SSSR count). The zero-order valence-corrected chi connectivity index (χ0v) is 7.96. The van der Waals surface area contributed by atoms with Crippen LogP contribution in [-0.4, -0.2) is 25.1 Å². The summed E-state index contributed by atoms with van der Waals surface area (Å²) in [6.07, 6.45) is 0.315.